The van der Waals surface area contributed by atoms with E-state index in [1.54, 1.807) is 10.9 Å². The first-order chi connectivity index (χ1) is 11.4. The van der Waals surface area contributed by atoms with Gasteiger partial charge in [0.05, 0.1) is 24.8 Å². The van der Waals surface area contributed by atoms with Crippen LogP contribution in [0.4, 0.5) is 0 Å². The molecule has 1 heterocycles. The van der Waals surface area contributed by atoms with Crippen LogP contribution >= 0.6 is 0 Å². The number of nitrogens with one attached hydrogen (secondary N) is 1. The van der Waals surface area contributed by atoms with Crippen molar-refractivity contribution in [2.24, 2.45) is 13.0 Å². The first-order valence-corrected chi connectivity index (χ1v) is 8.44. The SMILES string of the molecule is Cc1ccc(C)c(CC(=O)NC(c2cnn(C)c2)C2CC(O)C2)c1. The quantitative estimate of drug-likeness (QED) is 0.885. The van der Waals surface area contributed by atoms with Crippen LogP contribution in [-0.2, 0) is 18.3 Å². The highest BCUT2D eigenvalue weighted by Crippen LogP contribution is 2.38. The van der Waals surface area contributed by atoms with Crippen LogP contribution in [0.15, 0.2) is 30.6 Å². The Labute approximate surface area is 142 Å². The number of aliphatic hydroxyl groups is 1. The largest absolute Gasteiger partial charge is 0.393 e. The third-order valence-corrected chi connectivity index (χ3v) is 4.88. The van der Waals surface area contributed by atoms with Gasteiger partial charge in [-0.15, -0.1) is 0 Å². The van der Waals surface area contributed by atoms with Gasteiger partial charge in [0.25, 0.3) is 0 Å². The number of aromatic nitrogens is 2. The molecule has 128 valence electrons. The molecule has 1 amide bonds. The summed E-state index contributed by atoms with van der Waals surface area (Å²) in [5.74, 6) is 0.283. The number of rotatable bonds is 5. The van der Waals surface area contributed by atoms with Crippen molar-refractivity contribution in [3.8, 4) is 0 Å². The molecule has 0 radical (unpaired) electrons. The molecule has 2 aromatic rings. The molecular weight excluding hydrogens is 302 g/mol. The first kappa shape index (κ1) is 16.7. The number of aryl methyl sites for hydroxylation is 3. The molecule has 1 saturated carbocycles. The van der Waals surface area contributed by atoms with E-state index in [1.165, 1.54) is 0 Å². The maximum atomic E-state index is 12.6. The average Bonchev–Trinajstić information content (AvgIpc) is 2.92. The van der Waals surface area contributed by atoms with Crippen LogP contribution in [0.5, 0.6) is 0 Å². The molecule has 1 aliphatic rings. The average molecular weight is 327 g/mol. The smallest absolute Gasteiger partial charge is 0.224 e. The fourth-order valence-electron chi connectivity index (χ4n) is 3.36. The summed E-state index contributed by atoms with van der Waals surface area (Å²) >= 11 is 0. The molecule has 1 aromatic carbocycles. The van der Waals surface area contributed by atoms with Crippen molar-refractivity contribution in [2.75, 3.05) is 0 Å². The van der Waals surface area contributed by atoms with Crippen LogP contribution in [0.25, 0.3) is 0 Å². The van der Waals surface area contributed by atoms with Crippen molar-refractivity contribution in [2.45, 2.75) is 45.3 Å². The van der Waals surface area contributed by atoms with E-state index in [9.17, 15) is 9.90 Å². The van der Waals surface area contributed by atoms with Gasteiger partial charge in [-0.1, -0.05) is 23.8 Å². The maximum absolute atomic E-state index is 12.6. The van der Waals surface area contributed by atoms with E-state index >= 15 is 0 Å². The summed E-state index contributed by atoms with van der Waals surface area (Å²) in [6, 6.07) is 6.10. The number of aliphatic hydroxyl groups excluding tert-OH is 1. The Hall–Kier alpha value is -2.14. The van der Waals surface area contributed by atoms with Gasteiger partial charge in [-0.3, -0.25) is 9.48 Å². The van der Waals surface area contributed by atoms with Gasteiger partial charge in [-0.2, -0.15) is 5.10 Å². The van der Waals surface area contributed by atoms with Gasteiger partial charge in [-0.25, -0.2) is 0 Å². The lowest BCUT2D eigenvalue weighted by atomic mass is 9.75. The van der Waals surface area contributed by atoms with Crippen molar-refractivity contribution in [1.29, 1.82) is 0 Å². The monoisotopic (exact) mass is 327 g/mol. The Bertz CT molecular complexity index is 732. The van der Waals surface area contributed by atoms with Crippen LogP contribution in [-0.4, -0.2) is 26.9 Å². The predicted octanol–water partition coefficient (Wildman–Crippen LogP) is 2.21. The Balaban J connectivity index is 1.72. The predicted molar refractivity (Wildman–Crippen MR) is 92.4 cm³/mol. The normalized spacial score (nSPS) is 21.2. The first-order valence-electron chi connectivity index (χ1n) is 8.44. The number of carbonyl (C=O) groups is 1. The fraction of sp³-hybridized carbons (Fsp3) is 0.474. The van der Waals surface area contributed by atoms with Gasteiger partial charge in [0.15, 0.2) is 0 Å². The third-order valence-electron chi connectivity index (χ3n) is 4.88. The summed E-state index contributed by atoms with van der Waals surface area (Å²) < 4.78 is 1.74. The molecule has 1 atom stereocenters. The summed E-state index contributed by atoms with van der Waals surface area (Å²) in [5, 5.41) is 17.0. The molecular formula is C19H25N3O2. The van der Waals surface area contributed by atoms with E-state index in [1.807, 2.05) is 27.1 Å². The summed E-state index contributed by atoms with van der Waals surface area (Å²) in [4.78, 5) is 12.6. The van der Waals surface area contributed by atoms with Crippen LogP contribution in [0, 0.1) is 19.8 Å². The molecule has 0 aliphatic heterocycles. The highest BCUT2D eigenvalue weighted by molar-refractivity contribution is 5.79. The number of amides is 1. The van der Waals surface area contributed by atoms with Gasteiger partial charge in [0.1, 0.15) is 0 Å². The third kappa shape index (κ3) is 3.67. The van der Waals surface area contributed by atoms with Gasteiger partial charge in [0.2, 0.25) is 5.91 Å². The molecule has 5 nitrogen and oxygen atoms in total. The minimum atomic E-state index is -0.245. The molecule has 0 spiro atoms. The maximum Gasteiger partial charge on any atom is 0.224 e. The van der Waals surface area contributed by atoms with Crippen LogP contribution in [0.1, 0.15) is 41.1 Å². The Morgan fingerprint density at radius 2 is 2.17 bits per heavy atom. The number of benzene rings is 1. The molecule has 2 N–H and O–H groups in total. The van der Waals surface area contributed by atoms with Crippen LogP contribution in [0.3, 0.4) is 0 Å². The second kappa shape index (κ2) is 6.77. The Morgan fingerprint density at radius 3 is 2.79 bits per heavy atom. The highest BCUT2D eigenvalue weighted by Gasteiger charge is 2.36. The fourth-order valence-corrected chi connectivity index (χ4v) is 3.36. The molecule has 5 heteroatoms. The van der Waals surface area contributed by atoms with E-state index in [4.69, 9.17) is 0 Å². The number of hydrogen-bond donors (Lipinski definition) is 2. The summed E-state index contributed by atoms with van der Waals surface area (Å²) in [7, 11) is 1.87. The molecule has 1 unspecified atom stereocenters. The van der Waals surface area contributed by atoms with E-state index < -0.39 is 0 Å². The van der Waals surface area contributed by atoms with E-state index in [-0.39, 0.29) is 24.0 Å². The lowest BCUT2D eigenvalue weighted by Gasteiger charge is -2.37. The van der Waals surface area contributed by atoms with E-state index in [2.05, 4.69) is 28.6 Å². The zero-order valence-electron chi connectivity index (χ0n) is 14.5. The topological polar surface area (TPSA) is 67.2 Å². The van der Waals surface area contributed by atoms with Crippen molar-refractivity contribution in [1.82, 2.24) is 15.1 Å². The van der Waals surface area contributed by atoms with Crippen molar-refractivity contribution in [3.63, 3.8) is 0 Å². The highest BCUT2D eigenvalue weighted by atomic mass is 16.3. The van der Waals surface area contributed by atoms with Gasteiger partial charge >= 0.3 is 0 Å². The molecule has 3 rings (SSSR count). The zero-order chi connectivity index (χ0) is 17.3. The minimum absolute atomic E-state index is 0.0129. The zero-order valence-corrected chi connectivity index (χ0v) is 14.5. The van der Waals surface area contributed by atoms with Crippen molar-refractivity contribution < 1.29 is 9.90 Å². The lowest BCUT2D eigenvalue weighted by Crippen LogP contribution is -2.41. The molecule has 1 aliphatic carbocycles. The number of carbonyl (C=O) groups excluding carboxylic acids is 1. The number of nitrogens with zero attached hydrogens (tertiary/aromatic N) is 2. The standard InChI is InChI=1S/C19H25N3O2/c1-12-4-5-13(2)14(6-12)9-18(24)21-19(15-7-17(23)8-15)16-10-20-22(3)11-16/h4-6,10-11,15,17,19,23H,7-9H2,1-3H3,(H,21,24). The van der Waals surface area contributed by atoms with Crippen molar-refractivity contribution >= 4 is 5.91 Å². The second-order valence-corrected chi connectivity index (χ2v) is 6.98. The molecule has 0 saturated heterocycles. The molecule has 0 bridgehead atoms. The van der Waals surface area contributed by atoms with Gasteiger partial charge in [-0.05, 0) is 43.7 Å². The molecule has 24 heavy (non-hydrogen) atoms. The minimum Gasteiger partial charge on any atom is -0.393 e. The van der Waals surface area contributed by atoms with Crippen molar-refractivity contribution in [3.05, 3.63) is 52.8 Å². The number of hydrogen-bond acceptors (Lipinski definition) is 3. The van der Waals surface area contributed by atoms with E-state index in [0.29, 0.717) is 6.42 Å². The molecule has 1 fully saturated rings. The van der Waals surface area contributed by atoms with Crippen LogP contribution < -0.4 is 5.32 Å². The lowest BCUT2D eigenvalue weighted by molar-refractivity contribution is -0.122. The second-order valence-electron chi connectivity index (χ2n) is 6.98. The Morgan fingerprint density at radius 1 is 1.42 bits per heavy atom. The summed E-state index contributed by atoms with van der Waals surface area (Å²) in [6.07, 6.45) is 5.32. The van der Waals surface area contributed by atoms with Gasteiger partial charge < -0.3 is 10.4 Å². The summed E-state index contributed by atoms with van der Waals surface area (Å²) in [5.41, 5.74) is 4.36. The van der Waals surface area contributed by atoms with Crippen LogP contribution in [0.2, 0.25) is 0 Å². The molecule has 1 aromatic heterocycles. The summed E-state index contributed by atoms with van der Waals surface area (Å²) in [6.45, 7) is 4.07. The Kier molecular flexibility index (Phi) is 4.71. The van der Waals surface area contributed by atoms with E-state index in [0.717, 1.165) is 35.1 Å². The van der Waals surface area contributed by atoms with Gasteiger partial charge in [0, 0.05) is 18.8 Å².